The Hall–Kier alpha value is -1.73. The topological polar surface area (TPSA) is 0 Å². The Morgan fingerprint density at radius 1 is 1.06 bits per heavy atom. The number of fused-ring (bicyclic) bond motifs is 1. The van der Waals surface area contributed by atoms with E-state index in [4.69, 9.17) is 12.2 Å². The second-order valence-electron chi connectivity index (χ2n) is 3.55. The summed E-state index contributed by atoms with van der Waals surface area (Å²) < 4.78 is 0. The predicted octanol–water partition coefficient (Wildman–Crippen LogP) is 4.41. The first-order valence-corrected chi connectivity index (χ1v) is 5.59. The molecule has 0 aromatic heterocycles. The highest BCUT2D eigenvalue weighted by Crippen LogP contribution is 2.24. The van der Waals surface area contributed by atoms with E-state index in [1.165, 1.54) is 10.8 Å². The average molecular weight is 224 g/mol. The molecule has 0 nitrogen and oxygen atoms in total. The molecular weight excluding hydrogens is 212 g/mol. The van der Waals surface area contributed by atoms with Gasteiger partial charge >= 0.3 is 0 Å². The molecular formula is C15H12S. The number of thiocarbonyl (C=S) groups is 1. The van der Waals surface area contributed by atoms with Gasteiger partial charge in [-0.25, -0.2) is 0 Å². The second-order valence-corrected chi connectivity index (χ2v) is 3.82. The van der Waals surface area contributed by atoms with E-state index < -0.39 is 0 Å². The van der Waals surface area contributed by atoms with E-state index in [0.717, 1.165) is 11.1 Å². The van der Waals surface area contributed by atoms with Crippen LogP contribution in [-0.2, 0) is 0 Å². The van der Waals surface area contributed by atoms with Gasteiger partial charge in [-0.3, -0.25) is 0 Å². The summed E-state index contributed by atoms with van der Waals surface area (Å²) in [4.78, 5) is 0. The largest absolute Gasteiger partial charge is 0.0911 e. The molecule has 0 unspecified atom stereocenters. The maximum atomic E-state index is 4.76. The Labute approximate surface area is 101 Å². The summed E-state index contributed by atoms with van der Waals surface area (Å²) in [6.07, 6.45) is 3.77. The van der Waals surface area contributed by atoms with Gasteiger partial charge in [0.25, 0.3) is 0 Å². The van der Waals surface area contributed by atoms with Gasteiger partial charge in [-0.2, -0.15) is 0 Å². The molecule has 0 saturated carbocycles. The van der Waals surface area contributed by atoms with Crippen molar-refractivity contribution in [2.75, 3.05) is 0 Å². The van der Waals surface area contributed by atoms with Gasteiger partial charge < -0.3 is 0 Å². The monoisotopic (exact) mass is 224 g/mol. The van der Waals surface area contributed by atoms with Gasteiger partial charge in [0, 0.05) is 5.37 Å². The zero-order valence-corrected chi connectivity index (χ0v) is 9.71. The third-order valence-electron chi connectivity index (χ3n) is 2.51. The van der Waals surface area contributed by atoms with Crippen LogP contribution in [0.5, 0.6) is 0 Å². The van der Waals surface area contributed by atoms with Crippen molar-refractivity contribution in [2.45, 2.75) is 0 Å². The summed E-state index contributed by atoms with van der Waals surface area (Å²) in [7, 11) is 0. The molecule has 2 aromatic carbocycles. The second kappa shape index (κ2) is 4.86. The maximum absolute atomic E-state index is 4.76. The Morgan fingerprint density at radius 3 is 2.62 bits per heavy atom. The van der Waals surface area contributed by atoms with E-state index >= 15 is 0 Å². The first kappa shape index (κ1) is 10.8. The number of hydrogen-bond donors (Lipinski definition) is 0. The molecule has 0 bridgehead atoms. The molecule has 16 heavy (non-hydrogen) atoms. The van der Waals surface area contributed by atoms with Crippen molar-refractivity contribution < 1.29 is 0 Å². The molecule has 78 valence electrons. The quantitative estimate of drug-likeness (QED) is 0.423. The van der Waals surface area contributed by atoms with Crippen molar-refractivity contribution in [2.24, 2.45) is 0 Å². The van der Waals surface area contributed by atoms with Crippen molar-refractivity contribution in [3.8, 4) is 0 Å². The molecule has 0 atom stereocenters. The van der Waals surface area contributed by atoms with Crippen LogP contribution in [0.2, 0.25) is 0 Å². The lowest BCUT2D eigenvalue weighted by molar-refractivity contribution is 1.69. The summed E-state index contributed by atoms with van der Waals surface area (Å²) in [5, 5.41) is 4.05. The van der Waals surface area contributed by atoms with Crippen molar-refractivity contribution in [1.82, 2.24) is 0 Å². The third kappa shape index (κ3) is 2.10. The zero-order valence-electron chi connectivity index (χ0n) is 8.89. The first-order valence-electron chi connectivity index (χ1n) is 5.12. The molecule has 0 amide bonds. The summed E-state index contributed by atoms with van der Waals surface area (Å²) in [5.41, 5.74) is 2.14. The SMILES string of the molecule is C=C(/C=C\C=S)c1cccc2ccccc12. The van der Waals surface area contributed by atoms with Gasteiger partial charge in [0.2, 0.25) is 0 Å². The molecule has 0 radical (unpaired) electrons. The fourth-order valence-corrected chi connectivity index (χ4v) is 1.83. The van der Waals surface area contributed by atoms with Gasteiger partial charge in [-0.15, -0.1) is 0 Å². The molecule has 0 saturated heterocycles. The third-order valence-corrected chi connectivity index (χ3v) is 2.67. The highest BCUT2D eigenvalue weighted by atomic mass is 32.1. The fraction of sp³-hybridized carbons (Fsp3) is 0. The van der Waals surface area contributed by atoms with E-state index in [1.54, 1.807) is 5.37 Å². The highest BCUT2D eigenvalue weighted by Gasteiger charge is 2.00. The van der Waals surface area contributed by atoms with Gasteiger partial charge in [0.15, 0.2) is 0 Å². The Balaban J connectivity index is 2.56. The van der Waals surface area contributed by atoms with Crippen LogP contribution in [0.1, 0.15) is 5.56 Å². The van der Waals surface area contributed by atoms with Crippen molar-refractivity contribution in [3.63, 3.8) is 0 Å². The van der Waals surface area contributed by atoms with Crippen molar-refractivity contribution >= 4 is 33.9 Å². The molecule has 0 heterocycles. The van der Waals surface area contributed by atoms with Gasteiger partial charge in [0.1, 0.15) is 0 Å². The molecule has 0 aliphatic rings. The van der Waals surface area contributed by atoms with E-state index in [-0.39, 0.29) is 0 Å². The van der Waals surface area contributed by atoms with Crippen LogP contribution in [0.3, 0.4) is 0 Å². The Bertz CT molecular complexity index is 559. The van der Waals surface area contributed by atoms with E-state index in [0.29, 0.717) is 0 Å². The lowest BCUT2D eigenvalue weighted by Crippen LogP contribution is -1.82. The van der Waals surface area contributed by atoms with Crippen molar-refractivity contribution in [1.29, 1.82) is 0 Å². The minimum Gasteiger partial charge on any atom is -0.0911 e. The van der Waals surface area contributed by atoms with E-state index in [2.05, 4.69) is 30.8 Å². The van der Waals surface area contributed by atoms with Crippen LogP contribution in [0.25, 0.3) is 16.3 Å². The van der Waals surface area contributed by atoms with E-state index in [1.807, 2.05) is 30.4 Å². The number of hydrogen-bond acceptors (Lipinski definition) is 1. The minimum atomic E-state index is 0.984. The van der Waals surface area contributed by atoms with Crippen LogP contribution in [-0.4, -0.2) is 5.37 Å². The Kier molecular flexibility index (Phi) is 3.28. The highest BCUT2D eigenvalue weighted by molar-refractivity contribution is 7.79. The maximum Gasteiger partial charge on any atom is 0.00137 e. The van der Waals surface area contributed by atoms with Crippen molar-refractivity contribution in [3.05, 3.63) is 66.8 Å². The van der Waals surface area contributed by atoms with Gasteiger partial charge in [0.05, 0.1) is 0 Å². The summed E-state index contributed by atoms with van der Waals surface area (Å²) >= 11 is 4.76. The smallest absolute Gasteiger partial charge is 0.00137 e. The number of allylic oxidation sites excluding steroid dienone is 3. The predicted molar refractivity (Wildman–Crippen MR) is 75.8 cm³/mol. The molecule has 0 aliphatic carbocycles. The summed E-state index contributed by atoms with van der Waals surface area (Å²) in [6.45, 7) is 4.06. The molecule has 0 fully saturated rings. The van der Waals surface area contributed by atoms with Crippen LogP contribution in [0.15, 0.2) is 61.2 Å². The van der Waals surface area contributed by atoms with E-state index in [9.17, 15) is 0 Å². The molecule has 0 N–H and O–H groups in total. The van der Waals surface area contributed by atoms with Crippen LogP contribution in [0, 0.1) is 0 Å². The number of benzene rings is 2. The van der Waals surface area contributed by atoms with Gasteiger partial charge in [-0.1, -0.05) is 73.4 Å². The standard InChI is InChI=1S/C15H12S/c1-12(6-5-11-16)14-10-4-8-13-7-2-3-9-15(13)14/h2-11H,1H2/b6-5-. The molecule has 1 heteroatoms. The normalized spacial score (nSPS) is 10.8. The fourth-order valence-electron chi connectivity index (χ4n) is 1.75. The van der Waals surface area contributed by atoms with Crippen LogP contribution in [0.4, 0.5) is 0 Å². The summed E-state index contributed by atoms with van der Waals surface area (Å²) in [5.74, 6) is 0. The summed E-state index contributed by atoms with van der Waals surface area (Å²) in [6, 6.07) is 14.5. The van der Waals surface area contributed by atoms with Crippen LogP contribution < -0.4 is 0 Å². The van der Waals surface area contributed by atoms with Gasteiger partial charge in [-0.05, 0) is 21.9 Å². The van der Waals surface area contributed by atoms with Crippen LogP contribution >= 0.6 is 12.2 Å². The molecule has 0 spiro atoms. The average Bonchev–Trinajstić information content (AvgIpc) is 2.35. The molecule has 2 rings (SSSR count). The first-order chi connectivity index (χ1) is 7.83. The lowest BCUT2D eigenvalue weighted by Gasteiger charge is -2.05. The number of rotatable bonds is 3. The molecule has 2 aromatic rings. The Morgan fingerprint density at radius 2 is 1.81 bits per heavy atom. The lowest BCUT2D eigenvalue weighted by atomic mass is 9.99. The minimum absolute atomic E-state index is 0.984. The molecule has 0 aliphatic heterocycles. The zero-order chi connectivity index (χ0) is 11.4.